The van der Waals surface area contributed by atoms with Gasteiger partial charge in [0.05, 0.1) is 11.4 Å². The third kappa shape index (κ3) is 3.34. The van der Waals surface area contributed by atoms with Crippen LogP contribution in [0, 0.1) is 13.8 Å². The first kappa shape index (κ1) is 17.1. The van der Waals surface area contributed by atoms with Gasteiger partial charge in [0.15, 0.2) is 0 Å². The fraction of sp³-hybridized carbons (Fsp3) is 0.409. The molecular weight excluding hydrogens is 320 g/mol. The Morgan fingerprint density at radius 1 is 0.962 bits per heavy atom. The lowest BCUT2D eigenvalue weighted by atomic mass is 10.0. The highest BCUT2D eigenvalue weighted by molar-refractivity contribution is 5.68. The van der Waals surface area contributed by atoms with Gasteiger partial charge in [-0.05, 0) is 69.1 Å². The van der Waals surface area contributed by atoms with E-state index in [0.29, 0.717) is 0 Å². The van der Waals surface area contributed by atoms with Gasteiger partial charge in [-0.1, -0.05) is 25.0 Å². The summed E-state index contributed by atoms with van der Waals surface area (Å²) in [6.07, 6.45) is 7.29. The molecule has 1 aliphatic heterocycles. The third-order valence-electron chi connectivity index (χ3n) is 5.59. The number of rotatable bonds is 3. The molecule has 0 saturated carbocycles. The molecule has 0 bridgehead atoms. The first-order valence-corrected chi connectivity index (χ1v) is 9.68. The number of hydrogen-bond acceptors (Lipinski definition) is 3. The molecule has 4 nitrogen and oxygen atoms in total. The normalized spacial score (nSPS) is 16.1. The zero-order chi connectivity index (χ0) is 18.1. The molecule has 0 aliphatic carbocycles. The number of fused-ring (bicyclic) bond motifs is 1. The minimum atomic E-state index is 0.777. The molecule has 1 aromatic carbocycles. The van der Waals surface area contributed by atoms with Crippen molar-refractivity contribution >= 4 is 11.3 Å². The minimum absolute atomic E-state index is 0.777. The predicted octanol–water partition coefficient (Wildman–Crippen LogP) is 4.58. The zero-order valence-corrected chi connectivity index (χ0v) is 15.8. The molecule has 26 heavy (non-hydrogen) atoms. The van der Waals surface area contributed by atoms with Crippen LogP contribution in [0.2, 0.25) is 0 Å². The highest BCUT2D eigenvalue weighted by Crippen LogP contribution is 2.28. The van der Waals surface area contributed by atoms with E-state index >= 15 is 0 Å². The summed E-state index contributed by atoms with van der Waals surface area (Å²) in [6.45, 7) is 7.58. The SMILES string of the molecule is Cc1ccc(-c2nc3ccc(N)cn3c2CN2CCCCCC2)cc1C. The smallest absolute Gasteiger partial charge is 0.137 e. The van der Waals surface area contributed by atoms with Gasteiger partial charge >= 0.3 is 0 Å². The summed E-state index contributed by atoms with van der Waals surface area (Å²) in [4.78, 5) is 7.54. The van der Waals surface area contributed by atoms with Gasteiger partial charge in [-0.3, -0.25) is 4.90 Å². The number of pyridine rings is 1. The summed E-state index contributed by atoms with van der Waals surface area (Å²) in [7, 11) is 0. The fourth-order valence-electron chi connectivity index (χ4n) is 3.89. The van der Waals surface area contributed by atoms with Crippen LogP contribution >= 0.6 is 0 Å². The van der Waals surface area contributed by atoms with Crippen molar-refractivity contribution in [2.45, 2.75) is 46.1 Å². The molecule has 4 rings (SSSR count). The molecule has 3 heterocycles. The van der Waals surface area contributed by atoms with Crippen LogP contribution in [0.25, 0.3) is 16.9 Å². The van der Waals surface area contributed by atoms with E-state index < -0.39 is 0 Å². The Labute approximate surface area is 155 Å². The monoisotopic (exact) mass is 348 g/mol. The molecule has 0 radical (unpaired) electrons. The second-order valence-corrected chi connectivity index (χ2v) is 7.59. The van der Waals surface area contributed by atoms with Crippen molar-refractivity contribution in [1.82, 2.24) is 14.3 Å². The molecule has 0 unspecified atom stereocenters. The second kappa shape index (κ2) is 7.12. The second-order valence-electron chi connectivity index (χ2n) is 7.59. The van der Waals surface area contributed by atoms with Gasteiger partial charge in [-0.25, -0.2) is 4.98 Å². The van der Waals surface area contributed by atoms with E-state index in [4.69, 9.17) is 10.7 Å². The number of likely N-dealkylation sites (tertiary alicyclic amines) is 1. The zero-order valence-electron chi connectivity index (χ0n) is 15.8. The number of nitrogen functional groups attached to an aromatic ring is 1. The average Bonchev–Trinajstić information content (AvgIpc) is 2.80. The van der Waals surface area contributed by atoms with E-state index in [2.05, 4.69) is 41.3 Å². The lowest BCUT2D eigenvalue weighted by Crippen LogP contribution is -2.25. The van der Waals surface area contributed by atoms with Crippen molar-refractivity contribution < 1.29 is 0 Å². The molecule has 1 fully saturated rings. The van der Waals surface area contributed by atoms with E-state index in [-0.39, 0.29) is 0 Å². The fourth-order valence-corrected chi connectivity index (χ4v) is 3.89. The van der Waals surface area contributed by atoms with Gasteiger partial charge in [0, 0.05) is 24.0 Å². The van der Waals surface area contributed by atoms with Gasteiger partial charge in [0.25, 0.3) is 0 Å². The van der Waals surface area contributed by atoms with E-state index in [9.17, 15) is 0 Å². The highest BCUT2D eigenvalue weighted by Gasteiger charge is 2.18. The average molecular weight is 348 g/mol. The summed E-state index contributed by atoms with van der Waals surface area (Å²) < 4.78 is 2.19. The van der Waals surface area contributed by atoms with E-state index in [1.807, 2.05) is 18.3 Å². The predicted molar refractivity (Wildman–Crippen MR) is 108 cm³/mol. The molecule has 1 saturated heterocycles. The number of nitrogens with zero attached hydrogens (tertiary/aromatic N) is 3. The van der Waals surface area contributed by atoms with E-state index in [1.165, 1.54) is 61.2 Å². The number of anilines is 1. The molecule has 136 valence electrons. The quantitative estimate of drug-likeness (QED) is 0.754. The molecule has 0 amide bonds. The van der Waals surface area contributed by atoms with Gasteiger partial charge in [-0.15, -0.1) is 0 Å². The Hall–Kier alpha value is -2.33. The Morgan fingerprint density at radius 2 is 1.73 bits per heavy atom. The van der Waals surface area contributed by atoms with Crippen LogP contribution in [-0.2, 0) is 6.54 Å². The number of nitrogens with two attached hydrogens (primary N) is 1. The Balaban J connectivity index is 1.81. The summed E-state index contributed by atoms with van der Waals surface area (Å²) in [5.74, 6) is 0. The van der Waals surface area contributed by atoms with Crippen molar-refractivity contribution in [1.29, 1.82) is 0 Å². The van der Waals surface area contributed by atoms with Crippen LogP contribution in [0.4, 0.5) is 5.69 Å². The molecule has 3 aromatic rings. The van der Waals surface area contributed by atoms with E-state index in [0.717, 1.165) is 23.6 Å². The molecule has 0 spiro atoms. The third-order valence-corrected chi connectivity index (χ3v) is 5.59. The maximum atomic E-state index is 6.08. The lowest BCUT2D eigenvalue weighted by Gasteiger charge is -2.20. The van der Waals surface area contributed by atoms with Crippen LogP contribution in [0.3, 0.4) is 0 Å². The van der Waals surface area contributed by atoms with Crippen molar-refractivity contribution in [2.24, 2.45) is 0 Å². The first-order chi connectivity index (χ1) is 12.6. The van der Waals surface area contributed by atoms with Crippen LogP contribution in [-0.4, -0.2) is 27.4 Å². The van der Waals surface area contributed by atoms with Crippen LogP contribution in [0.1, 0.15) is 42.5 Å². The standard InChI is InChI=1S/C22H28N4/c1-16-7-8-18(13-17(16)2)22-20(15-25-11-5-3-4-6-12-25)26-14-19(23)9-10-21(26)24-22/h7-10,13-14H,3-6,11-12,15,23H2,1-2H3. The Kier molecular flexibility index (Phi) is 4.68. The Morgan fingerprint density at radius 3 is 2.46 bits per heavy atom. The minimum Gasteiger partial charge on any atom is -0.398 e. The van der Waals surface area contributed by atoms with Gasteiger partial charge < -0.3 is 10.1 Å². The number of imidazole rings is 1. The molecule has 1 aliphatic rings. The summed E-state index contributed by atoms with van der Waals surface area (Å²) in [5.41, 5.74) is 14.0. The number of hydrogen-bond donors (Lipinski definition) is 1. The number of aromatic nitrogens is 2. The van der Waals surface area contributed by atoms with Gasteiger partial charge in [0.1, 0.15) is 5.65 Å². The van der Waals surface area contributed by atoms with Gasteiger partial charge in [-0.2, -0.15) is 0 Å². The highest BCUT2D eigenvalue weighted by atomic mass is 15.2. The largest absolute Gasteiger partial charge is 0.398 e. The summed E-state index contributed by atoms with van der Waals surface area (Å²) >= 11 is 0. The Bertz CT molecular complexity index is 917. The van der Waals surface area contributed by atoms with Crippen molar-refractivity contribution in [3.05, 3.63) is 53.3 Å². The maximum absolute atomic E-state index is 6.08. The van der Waals surface area contributed by atoms with Crippen molar-refractivity contribution in [2.75, 3.05) is 18.8 Å². The van der Waals surface area contributed by atoms with Gasteiger partial charge in [0.2, 0.25) is 0 Å². The maximum Gasteiger partial charge on any atom is 0.137 e. The topological polar surface area (TPSA) is 46.6 Å². The number of aryl methyl sites for hydroxylation is 2. The van der Waals surface area contributed by atoms with Crippen LogP contribution in [0.5, 0.6) is 0 Å². The molecule has 0 atom stereocenters. The lowest BCUT2D eigenvalue weighted by molar-refractivity contribution is 0.273. The van der Waals surface area contributed by atoms with Crippen LogP contribution < -0.4 is 5.73 Å². The first-order valence-electron chi connectivity index (χ1n) is 9.68. The summed E-state index contributed by atoms with van der Waals surface area (Å²) in [6, 6.07) is 10.6. The molecular formula is C22H28N4. The van der Waals surface area contributed by atoms with Crippen LogP contribution in [0.15, 0.2) is 36.5 Å². The molecule has 2 aromatic heterocycles. The van der Waals surface area contributed by atoms with Crippen molar-refractivity contribution in [3.63, 3.8) is 0 Å². The molecule has 2 N–H and O–H groups in total. The number of benzene rings is 1. The van der Waals surface area contributed by atoms with Crippen molar-refractivity contribution in [3.8, 4) is 11.3 Å². The summed E-state index contributed by atoms with van der Waals surface area (Å²) in [5, 5.41) is 0. The molecule has 4 heteroatoms. The van der Waals surface area contributed by atoms with E-state index in [1.54, 1.807) is 0 Å².